The zero-order chi connectivity index (χ0) is 14.2. The summed E-state index contributed by atoms with van der Waals surface area (Å²) >= 11 is 0. The molecule has 2 rings (SSSR count). The molecule has 6 heteroatoms. The van der Waals surface area contributed by atoms with Gasteiger partial charge in [0.05, 0.1) is 26.4 Å². The van der Waals surface area contributed by atoms with Crippen LogP contribution in [-0.4, -0.2) is 72.6 Å². The van der Waals surface area contributed by atoms with E-state index in [0.29, 0.717) is 18.8 Å². The van der Waals surface area contributed by atoms with Crippen molar-refractivity contribution in [3.63, 3.8) is 0 Å². The van der Waals surface area contributed by atoms with Gasteiger partial charge in [0.25, 0.3) is 0 Å². The summed E-state index contributed by atoms with van der Waals surface area (Å²) in [6.07, 6.45) is 0. The quantitative estimate of drug-likeness (QED) is 0.695. The van der Waals surface area contributed by atoms with Crippen molar-refractivity contribution < 1.29 is 19.4 Å². The fourth-order valence-corrected chi connectivity index (χ4v) is 2.33. The number of hydrogen-bond acceptors (Lipinski definition) is 6. The predicted octanol–water partition coefficient (Wildman–Crippen LogP) is -0.102. The Kier molecular flexibility index (Phi) is 6.49. The van der Waals surface area contributed by atoms with Gasteiger partial charge in [-0.25, -0.2) is 0 Å². The van der Waals surface area contributed by atoms with E-state index in [1.54, 1.807) is 6.07 Å². The number of morpholine rings is 1. The van der Waals surface area contributed by atoms with Gasteiger partial charge in [-0.2, -0.15) is 0 Å². The van der Waals surface area contributed by atoms with Gasteiger partial charge in [0.1, 0.15) is 18.1 Å². The van der Waals surface area contributed by atoms with E-state index in [4.69, 9.17) is 19.4 Å². The predicted molar refractivity (Wildman–Crippen MR) is 74.3 cm³/mol. The first-order valence-electron chi connectivity index (χ1n) is 7.13. The van der Waals surface area contributed by atoms with E-state index < -0.39 is 0 Å². The van der Waals surface area contributed by atoms with Crippen molar-refractivity contribution in [1.29, 1.82) is 0 Å². The molecule has 1 aromatic rings. The molecule has 6 nitrogen and oxygen atoms in total. The van der Waals surface area contributed by atoms with Gasteiger partial charge in [0.15, 0.2) is 0 Å². The Morgan fingerprint density at radius 1 is 1.10 bits per heavy atom. The summed E-state index contributed by atoms with van der Waals surface area (Å²) in [6, 6.07) is 3.67. The standard InChI is InChI=1S/C14H24N2O4/c17-8-5-16(4-3-15-6-9-19-10-7-15)11-13-1-2-14(12-18)20-13/h1-2,17-18H,3-12H2. The van der Waals surface area contributed by atoms with E-state index in [2.05, 4.69) is 9.80 Å². The van der Waals surface area contributed by atoms with Crippen molar-refractivity contribution in [1.82, 2.24) is 9.80 Å². The Morgan fingerprint density at radius 2 is 1.85 bits per heavy atom. The molecular weight excluding hydrogens is 260 g/mol. The third-order valence-corrected chi connectivity index (χ3v) is 3.50. The van der Waals surface area contributed by atoms with Gasteiger partial charge in [-0.1, -0.05) is 0 Å². The normalized spacial score (nSPS) is 16.9. The van der Waals surface area contributed by atoms with Gasteiger partial charge >= 0.3 is 0 Å². The summed E-state index contributed by atoms with van der Waals surface area (Å²) in [5.74, 6) is 1.40. The van der Waals surface area contributed by atoms with Crippen molar-refractivity contribution in [2.75, 3.05) is 52.5 Å². The Balaban J connectivity index is 1.79. The molecular formula is C14H24N2O4. The molecule has 0 saturated carbocycles. The number of nitrogens with zero attached hydrogens (tertiary/aromatic N) is 2. The SMILES string of the molecule is OCCN(CCN1CCOCC1)Cc1ccc(CO)o1. The van der Waals surface area contributed by atoms with Crippen LogP contribution in [0.5, 0.6) is 0 Å². The molecule has 1 aliphatic heterocycles. The molecule has 2 N–H and O–H groups in total. The Hall–Kier alpha value is -0.920. The fourth-order valence-electron chi connectivity index (χ4n) is 2.33. The van der Waals surface area contributed by atoms with Crippen LogP contribution in [0.3, 0.4) is 0 Å². The highest BCUT2D eigenvalue weighted by atomic mass is 16.5. The van der Waals surface area contributed by atoms with E-state index in [9.17, 15) is 0 Å². The number of rotatable bonds is 8. The van der Waals surface area contributed by atoms with Gasteiger partial charge in [-0.15, -0.1) is 0 Å². The molecule has 0 radical (unpaired) electrons. The smallest absolute Gasteiger partial charge is 0.129 e. The lowest BCUT2D eigenvalue weighted by atomic mass is 10.3. The molecule has 0 aromatic carbocycles. The van der Waals surface area contributed by atoms with Crippen LogP contribution >= 0.6 is 0 Å². The van der Waals surface area contributed by atoms with Crippen molar-refractivity contribution >= 4 is 0 Å². The monoisotopic (exact) mass is 284 g/mol. The van der Waals surface area contributed by atoms with E-state index in [1.165, 1.54) is 0 Å². The molecule has 1 aromatic heterocycles. The Labute approximate surface area is 119 Å². The number of aliphatic hydroxyl groups excluding tert-OH is 2. The van der Waals surface area contributed by atoms with E-state index in [0.717, 1.165) is 45.2 Å². The van der Waals surface area contributed by atoms with Crippen molar-refractivity contribution in [2.45, 2.75) is 13.2 Å². The number of hydrogen-bond donors (Lipinski definition) is 2. The van der Waals surface area contributed by atoms with Crippen LogP contribution in [0.2, 0.25) is 0 Å². The van der Waals surface area contributed by atoms with Crippen LogP contribution in [0, 0.1) is 0 Å². The lowest BCUT2D eigenvalue weighted by Gasteiger charge is -2.29. The summed E-state index contributed by atoms with van der Waals surface area (Å²) in [6.45, 7) is 6.75. The average Bonchev–Trinajstić information content (AvgIpc) is 2.94. The van der Waals surface area contributed by atoms with Crippen molar-refractivity contribution in [3.8, 4) is 0 Å². The Morgan fingerprint density at radius 3 is 2.50 bits per heavy atom. The van der Waals surface area contributed by atoms with Crippen LogP contribution in [0.1, 0.15) is 11.5 Å². The van der Waals surface area contributed by atoms with Gasteiger partial charge in [0.2, 0.25) is 0 Å². The maximum atomic E-state index is 9.16. The second-order valence-corrected chi connectivity index (χ2v) is 4.98. The topological polar surface area (TPSA) is 69.3 Å². The highest BCUT2D eigenvalue weighted by Gasteiger charge is 2.13. The summed E-state index contributed by atoms with van der Waals surface area (Å²) in [7, 11) is 0. The molecule has 0 bridgehead atoms. The second-order valence-electron chi connectivity index (χ2n) is 4.98. The molecule has 20 heavy (non-hydrogen) atoms. The average molecular weight is 284 g/mol. The molecule has 1 aliphatic rings. The van der Waals surface area contributed by atoms with Gasteiger partial charge < -0.3 is 19.4 Å². The first-order valence-corrected chi connectivity index (χ1v) is 7.13. The largest absolute Gasteiger partial charge is 0.462 e. The number of furan rings is 1. The maximum Gasteiger partial charge on any atom is 0.129 e. The van der Waals surface area contributed by atoms with Gasteiger partial charge in [-0.05, 0) is 12.1 Å². The third kappa shape index (κ3) is 4.88. The molecule has 0 unspecified atom stereocenters. The van der Waals surface area contributed by atoms with E-state index in [1.807, 2.05) is 6.07 Å². The first kappa shape index (κ1) is 15.5. The molecule has 1 fully saturated rings. The molecule has 1 saturated heterocycles. The summed E-state index contributed by atoms with van der Waals surface area (Å²) in [5, 5.41) is 18.2. The zero-order valence-electron chi connectivity index (χ0n) is 11.8. The van der Waals surface area contributed by atoms with Crippen LogP contribution in [0.15, 0.2) is 16.5 Å². The Bertz CT molecular complexity index is 377. The molecule has 114 valence electrons. The summed E-state index contributed by atoms with van der Waals surface area (Å²) < 4.78 is 10.8. The summed E-state index contributed by atoms with van der Waals surface area (Å²) in [4.78, 5) is 4.53. The highest BCUT2D eigenvalue weighted by molar-refractivity contribution is 5.06. The first-order chi connectivity index (χ1) is 9.81. The zero-order valence-corrected chi connectivity index (χ0v) is 11.8. The minimum absolute atomic E-state index is 0.0756. The lowest BCUT2D eigenvalue weighted by molar-refractivity contribution is 0.0316. The van der Waals surface area contributed by atoms with Crippen molar-refractivity contribution in [2.24, 2.45) is 0 Å². The lowest BCUT2D eigenvalue weighted by Crippen LogP contribution is -2.41. The molecule has 0 aliphatic carbocycles. The van der Waals surface area contributed by atoms with Crippen LogP contribution in [0.25, 0.3) is 0 Å². The fraction of sp³-hybridized carbons (Fsp3) is 0.714. The van der Waals surface area contributed by atoms with Gasteiger partial charge in [0, 0.05) is 32.7 Å². The molecule has 0 atom stereocenters. The second kappa shape index (κ2) is 8.39. The molecule has 2 heterocycles. The van der Waals surface area contributed by atoms with E-state index in [-0.39, 0.29) is 13.2 Å². The van der Waals surface area contributed by atoms with Crippen molar-refractivity contribution in [3.05, 3.63) is 23.7 Å². The number of ether oxygens (including phenoxy) is 1. The number of aliphatic hydroxyl groups is 2. The van der Waals surface area contributed by atoms with E-state index >= 15 is 0 Å². The van der Waals surface area contributed by atoms with Crippen LogP contribution in [-0.2, 0) is 17.9 Å². The van der Waals surface area contributed by atoms with Crippen LogP contribution in [0.4, 0.5) is 0 Å². The molecule has 0 spiro atoms. The third-order valence-electron chi connectivity index (χ3n) is 3.50. The van der Waals surface area contributed by atoms with Crippen LogP contribution < -0.4 is 0 Å². The highest BCUT2D eigenvalue weighted by Crippen LogP contribution is 2.10. The van der Waals surface area contributed by atoms with Gasteiger partial charge in [-0.3, -0.25) is 9.80 Å². The minimum atomic E-state index is -0.0756. The maximum absolute atomic E-state index is 9.16. The molecule has 0 amide bonds. The summed E-state index contributed by atoms with van der Waals surface area (Å²) in [5.41, 5.74) is 0. The minimum Gasteiger partial charge on any atom is -0.462 e.